The number of non-ortho nitro benzene ring substituents is 1. The van der Waals surface area contributed by atoms with Crippen LogP contribution in [0.25, 0.3) is 0 Å². The summed E-state index contributed by atoms with van der Waals surface area (Å²) in [6.07, 6.45) is 1.16. The van der Waals surface area contributed by atoms with E-state index in [0.717, 1.165) is 6.21 Å². The van der Waals surface area contributed by atoms with E-state index >= 15 is 0 Å². The van der Waals surface area contributed by atoms with Gasteiger partial charge in [-0.1, -0.05) is 0 Å². The van der Waals surface area contributed by atoms with Gasteiger partial charge in [0.05, 0.1) is 17.2 Å². The number of hydrogen-bond donors (Lipinski definition) is 1. The first kappa shape index (κ1) is 15.4. The van der Waals surface area contributed by atoms with Crippen molar-refractivity contribution in [2.75, 3.05) is 6.61 Å². The number of aliphatic imine (C=N–C) groups is 1. The van der Waals surface area contributed by atoms with E-state index in [2.05, 4.69) is 4.99 Å². The first-order valence-electron chi connectivity index (χ1n) is 5.81. The molecule has 0 bridgehead atoms. The Labute approximate surface area is 115 Å². The highest BCUT2D eigenvalue weighted by molar-refractivity contribution is 6.10. The maximum Gasteiger partial charge on any atom is 0.343 e. The monoisotopic (exact) mass is 278 g/mol. The van der Waals surface area contributed by atoms with E-state index in [9.17, 15) is 20.0 Å². The van der Waals surface area contributed by atoms with E-state index in [1.54, 1.807) is 6.92 Å². The molecule has 7 nitrogen and oxygen atoms in total. The van der Waals surface area contributed by atoms with Crippen LogP contribution in [0.15, 0.2) is 40.6 Å². The molecule has 0 radical (unpaired) electrons. The summed E-state index contributed by atoms with van der Waals surface area (Å²) in [6.45, 7) is 3.17. The maximum absolute atomic E-state index is 11.5. The molecule has 0 spiro atoms. The van der Waals surface area contributed by atoms with Crippen molar-refractivity contribution in [3.63, 3.8) is 0 Å². The van der Waals surface area contributed by atoms with E-state index in [0.29, 0.717) is 5.69 Å². The number of nitro benzene ring substituents is 1. The van der Waals surface area contributed by atoms with Crippen molar-refractivity contribution in [3.8, 4) is 0 Å². The number of carbonyl (C=O) groups excluding carboxylic acids is 1. The number of esters is 1. The zero-order valence-electron chi connectivity index (χ0n) is 11.1. The van der Waals surface area contributed by atoms with Crippen LogP contribution in [0.2, 0.25) is 0 Å². The zero-order chi connectivity index (χ0) is 15.1. The van der Waals surface area contributed by atoms with Gasteiger partial charge in [0.15, 0.2) is 0 Å². The molecule has 7 heteroatoms. The number of benzene rings is 1. The van der Waals surface area contributed by atoms with Crippen molar-refractivity contribution in [1.29, 1.82) is 0 Å². The van der Waals surface area contributed by atoms with Gasteiger partial charge in [-0.25, -0.2) is 4.79 Å². The van der Waals surface area contributed by atoms with Gasteiger partial charge in [0.25, 0.3) is 5.69 Å². The SMILES string of the molecule is CCOC(=O)C(C=Nc1ccc([N+](=O)[O-])cc1)=C(C)O. The average molecular weight is 278 g/mol. The first-order chi connectivity index (χ1) is 9.45. The van der Waals surface area contributed by atoms with Gasteiger partial charge in [0.1, 0.15) is 11.3 Å². The number of nitro groups is 1. The predicted molar refractivity (Wildman–Crippen MR) is 73.2 cm³/mol. The number of hydrogen-bond acceptors (Lipinski definition) is 6. The Kier molecular flexibility index (Phi) is 5.40. The van der Waals surface area contributed by atoms with Crippen molar-refractivity contribution in [2.24, 2.45) is 4.99 Å². The van der Waals surface area contributed by atoms with Gasteiger partial charge in [-0.2, -0.15) is 0 Å². The Morgan fingerprint density at radius 1 is 1.45 bits per heavy atom. The highest BCUT2D eigenvalue weighted by Crippen LogP contribution is 2.18. The minimum atomic E-state index is -0.682. The molecule has 1 rings (SSSR count). The maximum atomic E-state index is 11.5. The lowest BCUT2D eigenvalue weighted by atomic mass is 10.2. The normalized spacial score (nSPS) is 12.1. The van der Waals surface area contributed by atoms with Gasteiger partial charge in [0.2, 0.25) is 0 Å². The zero-order valence-corrected chi connectivity index (χ0v) is 11.1. The molecule has 0 aliphatic rings. The largest absolute Gasteiger partial charge is 0.512 e. The second-order valence-corrected chi connectivity index (χ2v) is 3.75. The molecule has 0 fully saturated rings. The van der Waals surface area contributed by atoms with Gasteiger partial charge in [0, 0.05) is 18.3 Å². The molecule has 0 aliphatic carbocycles. The van der Waals surface area contributed by atoms with E-state index in [-0.39, 0.29) is 23.6 Å². The van der Waals surface area contributed by atoms with Gasteiger partial charge < -0.3 is 9.84 Å². The molecule has 20 heavy (non-hydrogen) atoms. The van der Waals surface area contributed by atoms with Crippen LogP contribution in [0.5, 0.6) is 0 Å². The van der Waals surface area contributed by atoms with Crippen LogP contribution in [0.4, 0.5) is 11.4 Å². The van der Waals surface area contributed by atoms with E-state index in [4.69, 9.17) is 4.74 Å². The number of allylic oxidation sites excluding steroid dienone is 1. The van der Waals surface area contributed by atoms with Crippen molar-refractivity contribution < 1.29 is 19.6 Å². The number of aliphatic hydroxyl groups is 1. The predicted octanol–water partition coefficient (Wildman–Crippen LogP) is 2.69. The Bertz CT molecular complexity index is 557. The number of ether oxygens (including phenoxy) is 1. The summed E-state index contributed by atoms with van der Waals surface area (Å²) in [4.78, 5) is 25.5. The smallest absolute Gasteiger partial charge is 0.343 e. The molecule has 0 aromatic heterocycles. The molecule has 0 saturated carbocycles. The molecule has 0 atom stereocenters. The van der Waals surface area contributed by atoms with Crippen LogP contribution in [0, 0.1) is 10.1 Å². The fourth-order valence-electron chi connectivity index (χ4n) is 1.30. The highest BCUT2D eigenvalue weighted by atomic mass is 16.6. The van der Waals surface area contributed by atoms with Crippen molar-refractivity contribution >= 4 is 23.6 Å². The van der Waals surface area contributed by atoms with E-state index < -0.39 is 10.9 Å². The first-order valence-corrected chi connectivity index (χ1v) is 5.81. The fourth-order valence-corrected chi connectivity index (χ4v) is 1.30. The lowest BCUT2D eigenvalue weighted by Crippen LogP contribution is -2.10. The Balaban J connectivity index is 2.92. The molecule has 1 N–H and O–H groups in total. The molecule has 1 aromatic rings. The molecule has 1 aromatic carbocycles. The lowest BCUT2D eigenvalue weighted by molar-refractivity contribution is -0.384. The van der Waals surface area contributed by atoms with Crippen molar-refractivity contribution in [2.45, 2.75) is 13.8 Å². The van der Waals surface area contributed by atoms with Crippen LogP contribution in [0.1, 0.15) is 13.8 Å². The van der Waals surface area contributed by atoms with Crippen LogP contribution >= 0.6 is 0 Å². The summed E-state index contributed by atoms with van der Waals surface area (Å²) in [6, 6.07) is 5.46. The Hall–Kier alpha value is -2.70. The number of carbonyl (C=O) groups is 1. The summed E-state index contributed by atoms with van der Waals surface area (Å²) < 4.78 is 4.77. The van der Waals surface area contributed by atoms with Crippen molar-refractivity contribution in [1.82, 2.24) is 0 Å². The average Bonchev–Trinajstić information content (AvgIpc) is 2.39. The Morgan fingerprint density at radius 3 is 2.50 bits per heavy atom. The molecule has 106 valence electrons. The molecule has 0 amide bonds. The molecule has 0 heterocycles. The lowest BCUT2D eigenvalue weighted by Gasteiger charge is -2.03. The third-order valence-electron chi connectivity index (χ3n) is 2.29. The topological polar surface area (TPSA) is 102 Å². The standard InChI is InChI=1S/C13H14N2O5/c1-3-20-13(17)12(9(2)16)8-14-10-4-6-11(7-5-10)15(18)19/h4-8,16H,3H2,1-2H3. The van der Waals surface area contributed by atoms with Gasteiger partial charge in [-0.15, -0.1) is 0 Å². The number of nitrogens with zero attached hydrogens (tertiary/aromatic N) is 2. The highest BCUT2D eigenvalue weighted by Gasteiger charge is 2.12. The molecule has 0 saturated heterocycles. The van der Waals surface area contributed by atoms with Crippen LogP contribution in [-0.4, -0.2) is 28.8 Å². The van der Waals surface area contributed by atoms with Gasteiger partial charge in [-0.3, -0.25) is 15.1 Å². The molecular formula is C13H14N2O5. The summed E-state index contributed by atoms with van der Waals surface area (Å²) in [7, 11) is 0. The second kappa shape index (κ2) is 7.03. The van der Waals surface area contributed by atoms with Crippen LogP contribution in [0.3, 0.4) is 0 Å². The second-order valence-electron chi connectivity index (χ2n) is 3.75. The Morgan fingerprint density at radius 2 is 2.05 bits per heavy atom. The quantitative estimate of drug-likeness (QED) is 0.223. The number of aliphatic hydroxyl groups excluding tert-OH is 1. The van der Waals surface area contributed by atoms with Gasteiger partial charge >= 0.3 is 5.97 Å². The molecule has 0 unspecified atom stereocenters. The minimum Gasteiger partial charge on any atom is -0.512 e. The van der Waals surface area contributed by atoms with Crippen molar-refractivity contribution in [3.05, 3.63) is 45.7 Å². The van der Waals surface area contributed by atoms with Crippen LogP contribution in [-0.2, 0) is 9.53 Å². The minimum absolute atomic E-state index is 0.0524. The third kappa shape index (κ3) is 4.20. The van der Waals surface area contributed by atoms with Crippen LogP contribution < -0.4 is 0 Å². The summed E-state index contributed by atoms with van der Waals surface area (Å²) in [5.74, 6) is -0.896. The van der Waals surface area contributed by atoms with E-state index in [1.165, 1.54) is 31.2 Å². The van der Waals surface area contributed by atoms with E-state index in [1.807, 2.05) is 0 Å². The molecule has 0 aliphatic heterocycles. The summed E-state index contributed by atoms with van der Waals surface area (Å²) >= 11 is 0. The van der Waals surface area contributed by atoms with Gasteiger partial charge in [-0.05, 0) is 26.0 Å². The summed E-state index contributed by atoms with van der Waals surface area (Å²) in [5.41, 5.74) is 0.298. The summed E-state index contributed by atoms with van der Waals surface area (Å²) in [5, 5.41) is 19.9. The fraction of sp³-hybridized carbons (Fsp3) is 0.231. The number of rotatable bonds is 5. The molecular weight excluding hydrogens is 264 g/mol. The third-order valence-corrected chi connectivity index (χ3v) is 2.29.